The third-order valence-corrected chi connectivity index (χ3v) is 3.29. The Labute approximate surface area is 105 Å². The first-order valence-corrected chi connectivity index (χ1v) is 6.58. The summed E-state index contributed by atoms with van der Waals surface area (Å²) in [6.45, 7) is 9.93. The van der Waals surface area contributed by atoms with E-state index in [2.05, 4.69) is 0 Å². The smallest absolute Gasteiger partial charge is 0.225 e. The van der Waals surface area contributed by atoms with E-state index in [9.17, 15) is 4.79 Å². The van der Waals surface area contributed by atoms with Gasteiger partial charge in [0.05, 0.1) is 5.60 Å². The van der Waals surface area contributed by atoms with E-state index >= 15 is 0 Å². The Kier molecular flexibility index (Phi) is 7.39. The molecule has 0 aromatic heterocycles. The number of carbonyl (C=O) groups is 1. The van der Waals surface area contributed by atoms with Gasteiger partial charge in [0, 0.05) is 32.7 Å². The van der Waals surface area contributed by atoms with E-state index in [1.54, 1.807) is 7.11 Å². The molecular weight excluding hydrogens is 216 g/mol. The van der Waals surface area contributed by atoms with Crippen molar-refractivity contribution < 1.29 is 9.53 Å². The minimum atomic E-state index is -0.201. The van der Waals surface area contributed by atoms with E-state index < -0.39 is 0 Å². The zero-order valence-electron chi connectivity index (χ0n) is 12.0. The molecule has 1 saturated heterocycles. The molecule has 0 atom stereocenters. The fraction of sp³-hybridized carbons (Fsp3) is 0.923. The first kappa shape index (κ1) is 16.4. The number of likely N-dealkylation sites (tertiary alicyclic amines) is 1. The number of piperidine rings is 1. The molecule has 17 heavy (non-hydrogen) atoms. The lowest BCUT2D eigenvalue weighted by Crippen LogP contribution is -2.52. The number of rotatable bonds is 3. The monoisotopic (exact) mass is 244 g/mol. The average molecular weight is 244 g/mol. The van der Waals surface area contributed by atoms with Gasteiger partial charge in [-0.2, -0.15) is 0 Å². The Balaban J connectivity index is 0.00000121. The van der Waals surface area contributed by atoms with Crippen LogP contribution in [-0.4, -0.2) is 43.2 Å². The summed E-state index contributed by atoms with van der Waals surface area (Å²) >= 11 is 0. The Morgan fingerprint density at radius 2 is 1.82 bits per heavy atom. The zero-order chi connectivity index (χ0) is 13.5. The highest BCUT2D eigenvalue weighted by atomic mass is 16.5. The second-order valence-electron chi connectivity index (χ2n) is 4.57. The van der Waals surface area contributed by atoms with Gasteiger partial charge in [0.2, 0.25) is 5.91 Å². The van der Waals surface area contributed by atoms with Crippen molar-refractivity contribution >= 4 is 5.91 Å². The minimum Gasteiger partial charge on any atom is -0.377 e. The van der Waals surface area contributed by atoms with Gasteiger partial charge in [-0.05, 0) is 12.8 Å². The number of hydrogen-bond donors (Lipinski definition) is 1. The molecule has 1 fully saturated rings. The Bertz CT molecular complexity index is 215. The van der Waals surface area contributed by atoms with Crippen molar-refractivity contribution in [2.24, 2.45) is 11.7 Å². The molecule has 0 spiro atoms. The number of nitrogens with zero attached hydrogens (tertiary/aromatic N) is 1. The fourth-order valence-electron chi connectivity index (χ4n) is 1.99. The maximum absolute atomic E-state index is 11.7. The van der Waals surface area contributed by atoms with Gasteiger partial charge in [-0.1, -0.05) is 27.7 Å². The molecule has 0 unspecified atom stereocenters. The van der Waals surface area contributed by atoms with Crippen molar-refractivity contribution in [1.29, 1.82) is 0 Å². The molecule has 0 bridgehead atoms. The Morgan fingerprint density at radius 1 is 1.35 bits per heavy atom. The van der Waals surface area contributed by atoms with Crippen LogP contribution in [0.1, 0.15) is 40.5 Å². The van der Waals surface area contributed by atoms with Crippen LogP contribution in [0.25, 0.3) is 0 Å². The van der Waals surface area contributed by atoms with Crippen molar-refractivity contribution in [2.45, 2.75) is 46.1 Å². The van der Waals surface area contributed by atoms with Crippen molar-refractivity contribution in [2.75, 3.05) is 26.7 Å². The lowest BCUT2D eigenvalue weighted by Gasteiger charge is -2.40. The number of ether oxygens (including phenoxy) is 1. The molecule has 2 N–H and O–H groups in total. The molecule has 102 valence electrons. The molecule has 0 radical (unpaired) electrons. The van der Waals surface area contributed by atoms with Crippen LogP contribution < -0.4 is 5.73 Å². The normalized spacial score (nSPS) is 18.6. The van der Waals surface area contributed by atoms with Crippen LogP contribution in [0.2, 0.25) is 0 Å². The van der Waals surface area contributed by atoms with Crippen molar-refractivity contribution in [1.82, 2.24) is 4.90 Å². The lowest BCUT2D eigenvalue weighted by molar-refractivity contribution is -0.139. The van der Waals surface area contributed by atoms with Crippen LogP contribution in [0.3, 0.4) is 0 Å². The molecule has 0 aromatic rings. The molecule has 1 aliphatic heterocycles. The first-order chi connectivity index (χ1) is 8.04. The molecular formula is C13H28N2O2. The quantitative estimate of drug-likeness (QED) is 0.821. The largest absolute Gasteiger partial charge is 0.377 e. The molecule has 0 saturated carbocycles. The third-order valence-electron chi connectivity index (χ3n) is 3.29. The van der Waals surface area contributed by atoms with Gasteiger partial charge in [0.15, 0.2) is 0 Å². The maximum atomic E-state index is 11.7. The van der Waals surface area contributed by atoms with E-state index in [0.29, 0.717) is 6.54 Å². The molecule has 1 aliphatic rings. The highest BCUT2D eigenvalue weighted by Gasteiger charge is 2.35. The number of hydrogen-bond acceptors (Lipinski definition) is 3. The lowest BCUT2D eigenvalue weighted by atomic mass is 9.91. The molecule has 0 aromatic carbocycles. The molecule has 1 heterocycles. The molecule has 1 rings (SSSR count). The van der Waals surface area contributed by atoms with Gasteiger partial charge in [-0.15, -0.1) is 0 Å². The van der Waals surface area contributed by atoms with Gasteiger partial charge in [0.25, 0.3) is 0 Å². The number of nitrogens with two attached hydrogens (primary N) is 1. The zero-order valence-corrected chi connectivity index (χ0v) is 12.0. The SMILES string of the molecule is CC.COC1(CN)CCN(C(=O)C(C)C)CC1. The number of methoxy groups -OCH3 is 1. The van der Waals surface area contributed by atoms with Crippen LogP contribution in [0, 0.1) is 5.92 Å². The number of carbonyl (C=O) groups excluding carboxylic acids is 1. The summed E-state index contributed by atoms with van der Waals surface area (Å²) in [7, 11) is 1.70. The predicted molar refractivity (Wildman–Crippen MR) is 70.8 cm³/mol. The molecule has 0 aliphatic carbocycles. The summed E-state index contributed by atoms with van der Waals surface area (Å²) in [5.74, 6) is 0.314. The standard InChI is InChI=1S/C11H22N2O2.C2H6/c1-9(2)10(14)13-6-4-11(8-12,15-3)5-7-13;1-2/h9H,4-8,12H2,1-3H3;1-2H3. The number of amides is 1. The summed E-state index contributed by atoms with van der Waals surface area (Å²) in [5.41, 5.74) is 5.50. The summed E-state index contributed by atoms with van der Waals surface area (Å²) in [6.07, 6.45) is 1.69. The third kappa shape index (κ3) is 4.28. The van der Waals surface area contributed by atoms with Crippen LogP contribution in [0.5, 0.6) is 0 Å². The van der Waals surface area contributed by atoms with E-state index in [1.807, 2.05) is 32.6 Å². The van der Waals surface area contributed by atoms with Gasteiger partial charge >= 0.3 is 0 Å². The van der Waals surface area contributed by atoms with Gasteiger partial charge in [0.1, 0.15) is 0 Å². The van der Waals surface area contributed by atoms with Crippen molar-refractivity contribution in [3.63, 3.8) is 0 Å². The van der Waals surface area contributed by atoms with E-state index in [4.69, 9.17) is 10.5 Å². The maximum Gasteiger partial charge on any atom is 0.225 e. The van der Waals surface area contributed by atoms with Crippen molar-refractivity contribution in [3.8, 4) is 0 Å². The second kappa shape index (κ2) is 7.67. The fourth-order valence-corrected chi connectivity index (χ4v) is 1.99. The second-order valence-corrected chi connectivity index (χ2v) is 4.57. The summed E-state index contributed by atoms with van der Waals surface area (Å²) in [6, 6.07) is 0. The average Bonchev–Trinajstić information content (AvgIpc) is 2.40. The Hall–Kier alpha value is -0.610. The van der Waals surface area contributed by atoms with Crippen LogP contribution in [-0.2, 0) is 9.53 Å². The molecule has 4 heteroatoms. The topological polar surface area (TPSA) is 55.6 Å². The van der Waals surface area contributed by atoms with Crippen LogP contribution in [0.4, 0.5) is 0 Å². The Morgan fingerprint density at radius 3 is 2.12 bits per heavy atom. The molecule has 4 nitrogen and oxygen atoms in total. The first-order valence-electron chi connectivity index (χ1n) is 6.58. The summed E-state index contributed by atoms with van der Waals surface area (Å²) in [4.78, 5) is 13.7. The van der Waals surface area contributed by atoms with E-state index in [0.717, 1.165) is 25.9 Å². The molecule has 1 amide bonds. The highest BCUT2D eigenvalue weighted by molar-refractivity contribution is 5.78. The summed E-state index contributed by atoms with van der Waals surface area (Å²) < 4.78 is 5.45. The predicted octanol–water partition coefficient (Wildman–Crippen LogP) is 1.63. The van der Waals surface area contributed by atoms with E-state index in [1.165, 1.54) is 0 Å². The highest BCUT2D eigenvalue weighted by Crippen LogP contribution is 2.25. The van der Waals surface area contributed by atoms with Crippen molar-refractivity contribution in [3.05, 3.63) is 0 Å². The van der Waals surface area contributed by atoms with Gasteiger partial charge in [-0.3, -0.25) is 4.79 Å². The van der Waals surface area contributed by atoms with Gasteiger partial charge in [-0.25, -0.2) is 0 Å². The van der Waals surface area contributed by atoms with E-state index in [-0.39, 0.29) is 17.4 Å². The van der Waals surface area contributed by atoms with Crippen LogP contribution >= 0.6 is 0 Å². The van der Waals surface area contributed by atoms with Crippen LogP contribution in [0.15, 0.2) is 0 Å². The minimum absolute atomic E-state index is 0.0814. The summed E-state index contributed by atoms with van der Waals surface area (Å²) in [5, 5.41) is 0. The van der Waals surface area contributed by atoms with Gasteiger partial charge < -0.3 is 15.4 Å².